The predicted octanol–water partition coefficient (Wildman–Crippen LogP) is 3.32. The Morgan fingerprint density at radius 1 is 1.30 bits per heavy atom. The number of amides is 1. The molecule has 0 unspecified atom stereocenters. The molecule has 5 nitrogen and oxygen atoms in total. The number of nitrogens with zero attached hydrogens (tertiary/aromatic N) is 1. The highest BCUT2D eigenvalue weighted by molar-refractivity contribution is 5.68. The van der Waals surface area contributed by atoms with E-state index in [-0.39, 0.29) is 12.1 Å². The van der Waals surface area contributed by atoms with Gasteiger partial charge in [0.1, 0.15) is 5.60 Å². The van der Waals surface area contributed by atoms with Crippen LogP contribution in [0.4, 0.5) is 4.79 Å². The first-order valence-electron chi connectivity index (χ1n) is 8.46. The van der Waals surface area contributed by atoms with E-state index in [4.69, 9.17) is 4.74 Å². The number of nitrogens with one attached hydrogen (secondary N) is 2. The molecule has 1 heterocycles. The summed E-state index contributed by atoms with van der Waals surface area (Å²) in [4.78, 5) is 16.3. The van der Waals surface area contributed by atoms with Gasteiger partial charge in [0.05, 0.1) is 5.69 Å². The van der Waals surface area contributed by atoms with Crippen molar-refractivity contribution in [3.63, 3.8) is 0 Å². The average molecular weight is 319 g/mol. The summed E-state index contributed by atoms with van der Waals surface area (Å²) < 4.78 is 5.34. The van der Waals surface area contributed by atoms with E-state index in [1.54, 1.807) is 0 Å². The van der Waals surface area contributed by atoms with E-state index in [9.17, 15) is 4.79 Å². The first-order chi connectivity index (χ1) is 10.8. The maximum absolute atomic E-state index is 11.9. The molecule has 1 amide bonds. The summed E-state index contributed by atoms with van der Waals surface area (Å²) in [6.45, 7) is 8.45. The molecule has 0 radical (unpaired) electrons. The van der Waals surface area contributed by atoms with Gasteiger partial charge < -0.3 is 15.4 Å². The lowest BCUT2D eigenvalue weighted by atomic mass is 9.91. The van der Waals surface area contributed by atoms with Crippen LogP contribution in [0.25, 0.3) is 0 Å². The summed E-state index contributed by atoms with van der Waals surface area (Å²) in [6, 6.07) is 4.73. The van der Waals surface area contributed by atoms with Crippen molar-refractivity contribution in [2.75, 3.05) is 0 Å². The number of alkyl carbamates (subject to hydrolysis) is 1. The predicted molar refractivity (Wildman–Crippen MR) is 91.2 cm³/mol. The number of ether oxygens (including phenoxy) is 1. The van der Waals surface area contributed by atoms with Gasteiger partial charge in [-0.25, -0.2) is 4.79 Å². The van der Waals surface area contributed by atoms with Crippen LogP contribution in [0.3, 0.4) is 0 Å². The number of hydrogen-bond donors (Lipinski definition) is 2. The highest BCUT2D eigenvalue weighted by Crippen LogP contribution is 2.19. The van der Waals surface area contributed by atoms with Gasteiger partial charge in [0, 0.05) is 24.8 Å². The number of aryl methyl sites for hydroxylation is 1. The second-order valence-corrected chi connectivity index (χ2v) is 7.41. The van der Waals surface area contributed by atoms with E-state index < -0.39 is 5.60 Å². The lowest BCUT2D eigenvalue weighted by molar-refractivity contribution is 0.0488. The van der Waals surface area contributed by atoms with Crippen molar-refractivity contribution in [3.8, 4) is 0 Å². The molecule has 1 aromatic heterocycles. The Morgan fingerprint density at radius 3 is 2.70 bits per heavy atom. The van der Waals surface area contributed by atoms with Crippen LogP contribution in [0.15, 0.2) is 18.3 Å². The summed E-state index contributed by atoms with van der Waals surface area (Å²) >= 11 is 0. The van der Waals surface area contributed by atoms with Gasteiger partial charge in [-0.05, 0) is 65.0 Å². The third kappa shape index (κ3) is 6.57. The quantitative estimate of drug-likeness (QED) is 0.893. The molecule has 23 heavy (non-hydrogen) atoms. The topological polar surface area (TPSA) is 63.2 Å². The molecule has 0 saturated heterocycles. The highest BCUT2D eigenvalue weighted by Gasteiger charge is 2.25. The largest absolute Gasteiger partial charge is 0.444 e. The Kier molecular flexibility index (Phi) is 5.99. The second-order valence-electron chi connectivity index (χ2n) is 7.41. The summed E-state index contributed by atoms with van der Waals surface area (Å²) in [5.74, 6) is 0. The second kappa shape index (κ2) is 7.77. The summed E-state index contributed by atoms with van der Waals surface area (Å²) in [7, 11) is 0. The molecule has 2 rings (SSSR count). The fourth-order valence-electron chi connectivity index (χ4n) is 2.83. The zero-order valence-corrected chi connectivity index (χ0v) is 14.7. The number of carbonyl (C=O) groups is 1. The minimum atomic E-state index is -0.451. The third-order valence-corrected chi connectivity index (χ3v) is 3.94. The Labute approximate surface area is 139 Å². The van der Waals surface area contributed by atoms with Gasteiger partial charge in [-0.1, -0.05) is 6.07 Å². The van der Waals surface area contributed by atoms with Gasteiger partial charge in [-0.15, -0.1) is 0 Å². The number of aromatic nitrogens is 1. The van der Waals surface area contributed by atoms with Crippen molar-refractivity contribution < 1.29 is 9.53 Å². The molecule has 128 valence electrons. The lowest BCUT2D eigenvalue weighted by Gasteiger charge is -2.31. The van der Waals surface area contributed by atoms with Crippen LogP contribution >= 0.6 is 0 Å². The first-order valence-corrected chi connectivity index (χ1v) is 8.46. The normalized spacial score (nSPS) is 21.7. The number of rotatable bonds is 4. The zero-order chi connectivity index (χ0) is 16.9. The Balaban J connectivity index is 1.76. The Morgan fingerprint density at radius 2 is 2.04 bits per heavy atom. The molecular formula is C18H29N3O2. The van der Waals surface area contributed by atoms with Crippen LogP contribution in [-0.2, 0) is 11.3 Å². The first kappa shape index (κ1) is 17.7. The molecule has 1 aliphatic rings. The van der Waals surface area contributed by atoms with E-state index in [1.165, 1.54) is 5.56 Å². The van der Waals surface area contributed by atoms with Gasteiger partial charge in [0.25, 0.3) is 0 Å². The molecule has 2 atom stereocenters. The van der Waals surface area contributed by atoms with Gasteiger partial charge in [-0.2, -0.15) is 0 Å². The van der Waals surface area contributed by atoms with Crippen LogP contribution in [0.5, 0.6) is 0 Å². The third-order valence-electron chi connectivity index (χ3n) is 3.94. The van der Waals surface area contributed by atoms with Crippen LogP contribution < -0.4 is 10.6 Å². The number of carbonyl (C=O) groups excluding carboxylic acids is 1. The van der Waals surface area contributed by atoms with Gasteiger partial charge in [0.15, 0.2) is 0 Å². The minimum Gasteiger partial charge on any atom is -0.444 e. The van der Waals surface area contributed by atoms with Crippen molar-refractivity contribution >= 4 is 6.09 Å². The molecule has 5 heteroatoms. The molecule has 2 N–H and O–H groups in total. The average Bonchev–Trinajstić information content (AvgIpc) is 2.45. The molecular weight excluding hydrogens is 290 g/mol. The fourth-order valence-corrected chi connectivity index (χ4v) is 2.83. The van der Waals surface area contributed by atoms with Crippen molar-refractivity contribution in [1.82, 2.24) is 15.6 Å². The lowest BCUT2D eigenvalue weighted by Crippen LogP contribution is -2.45. The van der Waals surface area contributed by atoms with Crippen LogP contribution in [0, 0.1) is 6.92 Å². The van der Waals surface area contributed by atoms with E-state index in [0.29, 0.717) is 6.04 Å². The van der Waals surface area contributed by atoms with Crippen molar-refractivity contribution in [2.24, 2.45) is 0 Å². The fraction of sp³-hybridized carbons (Fsp3) is 0.667. The zero-order valence-electron chi connectivity index (χ0n) is 14.7. The summed E-state index contributed by atoms with van der Waals surface area (Å²) in [5.41, 5.74) is 1.78. The van der Waals surface area contributed by atoms with Crippen molar-refractivity contribution in [3.05, 3.63) is 29.6 Å². The molecule has 1 aromatic rings. The highest BCUT2D eigenvalue weighted by atomic mass is 16.6. The van der Waals surface area contributed by atoms with E-state index >= 15 is 0 Å². The number of hydrogen-bond acceptors (Lipinski definition) is 4. The Bertz CT molecular complexity index is 508. The smallest absolute Gasteiger partial charge is 0.407 e. The van der Waals surface area contributed by atoms with Gasteiger partial charge in [0.2, 0.25) is 0 Å². The monoisotopic (exact) mass is 319 g/mol. The van der Waals surface area contributed by atoms with Gasteiger partial charge in [-0.3, -0.25) is 4.98 Å². The molecule has 0 aliphatic heterocycles. The Hall–Kier alpha value is -1.62. The maximum Gasteiger partial charge on any atom is 0.407 e. The molecule has 1 aliphatic carbocycles. The maximum atomic E-state index is 11.9. The number of pyridine rings is 1. The van der Waals surface area contributed by atoms with Crippen molar-refractivity contribution in [2.45, 2.75) is 77.6 Å². The van der Waals surface area contributed by atoms with Crippen LogP contribution in [0.1, 0.15) is 57.7 Å². The van der Waals surface area contributed by atoms with E-state index in [2.05, 4.69) is 27.8 Å². The molecule has 1 saturated carbocycles. The van der Waals surface area contributed by atoms with Crippen LogP contribution in [0.2, 0.25) is 0 Å². The van der Waals surface area contributed by atoms with E-state index in [1.807, 2.05) is 33.9 Å². The summed E-state index contributed by atoms with van der Waals surface area (Å²) in [5, 5.41) is 6.55. The van der Waals surface area contributed by atoms with Crippen molar-refractivity contribution in [1.29, 1.82) is 0 Å². The van der Waals surface area contributed by atoms with E-state index in [0.717, 1.165) is 37.9 Å². The minimum absolute atomic E-state index is 0.182. The molecule has 0 aromatic carbocycles. The van der Waals surface area contributed by atoms with Gasteiger partial charge >= 0.3 is 6.09 Å². The molecule has 0 spiro atoms. The molecule has 1 fully saturated rings. The molecule has 0 bridgehead atoms. The summed E-state index contributed by atoms with van der Waals surface area (Å²) in [6.07, 6.45) is 5.77. The SMILES string of the molecule is Cc1ccc(CN[C@H]2CCC[C@@H](NC(=O)OC(C)(C)C)C2)nc1. The standard InChI is InChI=1S/C18H29N3O2/c1-13-8-9-16(19-11-13)12-20-14-6-5-7-15(10-14)21-17(22)23-18(2,3)4/h8-9,11,14-15,20H,5-7,10,12H2,1-4H3,(H,21,22)/t14-,15+/m0/s1. The van der Waals surface area contributed by atoms with Crippen LogP contribution in [-0.4, -0.2) is 28.8 Å².